The maximum atomic E-state index is 5.29. The Bertz CT molecular complexity index is 552. The second kappa shape index (κ2) is 6.72. The van der Waals surface area contributed by atoms with E-state index >= 15 is 0 Å². The van der Waals surface area contributed by atoms with E-state index in [2.05, 4.69) is 34.7 Å². The highest BCUT2D eigenvalue weighted by Crippen LogP contribution is 2.23. The maximum Gasteiger partial charge on any atom is 0.152 e. The molecule has 1 unspecified atom stereocenters. The molecule has 0 saturated carbocycles. The summed E-state index contributed by atoms with van der Waals surface area (Å²) in [5, 5.41) is 3.23. The summed E-state index contributed by atoms with van der Waals surface area (Å²) in [5.41, 5.74) is 2.17. The fourth-order valence-electron chi connectivity index (χ4n) is 2.60. The number of nitrogens with zero attached hydrogens (tertiary/aromatic N) is 3. The van der Waals surface area contributed by atoms with E-state index in [9.17, 15) is 0 Å². The molecule has 5 nitrogen and oxygen atoms in total. The first-order valence-corrected chi connectivity index (χ1v) is 7.09. The summed E-state index contributed by atoms with van der Waals surface area (Å²) in [6.07, 6.45) is 2.06. The molecule has 0 amide bonds. The van der Waals surface area contributed by atoms with Gasteiger partial charge in [0.2, 0.25) is 0 Å². The molecule has 1 atom stereocenters. The summed E-state index contributed by atoms with van der Waals surface area (Å²) < 4.78 is 7.44. The average molecular weight is 276 g/mol. The van der Waals surface area contributed by atoms with Gasteiger partial charge < -0.3 is 19.4 Å². The molecule has 2 aromatic rings. The minimum absolute atomic E-state index is 0.297. The van der Waals surface area contributed by atoms with Crippen LogP contribution >= 0.6 is 0 Å². The Morgan fingerprint density at radius 3 is 2.90 bits per heavy atom. The third-order valence-corrected chi connectivity index (χ3v) is 3.50. The van der Waals surface area contributed by atoms with Crippen LogP contribution in [-0.4, -0.2) is 42.7 Å². The van der Waals surface area contributed by atoms with Gasteiger partial charge in [-0.1, -0.05) is 6.07 Å². The number of aromatic nitrogens is 2. The zero-order valence-corrected chi connectivity index (χ0v) is 12.8. The maximum absolute atomic E-state index is 5.29. The summed E-state index contributed by atoms with van der Waals surface area (Å²) in [7, 11) is 3.70. The number of nitrogens with one attached hydrogen (secondary N) is 1. The number of hydrogen-bond donors (Lipinski definition) is 1. The number of methoxy groups -OCH3 is 1. The van der Waals surface area contributed by atoms with Crippen molar-refractivity contribution in [3.8, 4) is 0 Å². The number of anilines is 1. The Labute approximate surface area is 120 Å². The third-order valence-electron chi connectivity index (χ3n) is 3.50. The molecule has 0 spiro atoms. The SMILES string of the molecule is CCN(c1nc2ccccn2c1CNC)C(C)COC. The topological polar surface area (TPSA) is 41.8 Å². The van der Waals surface area contributed by atoms with Gasteiger partial charge in [0.25, 0.3) is 0 Å². The molecule has 0 aliphatic rings. The standard InChI is InChI=1S/C15H24N4O/c1-5-18(12(2)11-20-4)15-13(10-16-3)19-9-7-6-8-14(19)17-15/h6-9,12,16H,5,10-11H2,1-4H3. The van der Waals surface area contributed by atoms with Gasteiger partial charge in [0.15, 0.2) is 5.82 Å². The number of fused-ring (bicyclic) bond motifs is 1. The predicted molar refractivity (Wildman–Crippen MR) is 82.3 cm³/mol. The van der Waals surface area contributed by atoms with E-state index in [1.165, 1.54) is 5.69 Å². The number of imidazole rings is 1. The lowest BCUT2D eigenvalue weighted by Crippen LogP contribution is -2.37. The lowest BCUT2D eigenvalue weighted by molar-refractivity contribution is 0.181. The van der Waals surface area contributed by atoms with Crippen molar-refractivity contribution in [1.82, 2.24) is 14.7 Å². The van der Waals surface area contributed by atoms with E-state index in [4.69, 9.17) is 9.72 Å². The predicted octanol–water partition coefficient (Wildman–Crippen LogP) is 1.91. The van der Waals surface area contributed by atoms with Crippen molar-refractivity contribution in [2.45, 2.75) is 26.4 Å². The highest BCUT2D eigenvalue weighted by Gasteiger charge is 2.20. The fraction of sp³-hybridized carbons (Fsp3) is 0.533. The lowest BCUT2D eigenvalue weighted by Gasteiger charge is -2.28. The second-order valence-corrected chi connectivity index (χ2v) is 4.93. The molecule has 110 valence electrons. The van der Waals surface area contributed by atoms with E-state index in [-0.39, 0.29) is 0 Å². The third kappa shape index (κ3) is 2.78. The Balaban J connectivity index is 2.47. The molecule has 2 heterocycles. The Morgan fingerprint density at radius 1 is 1.45 bits per heavy atom. The van der Waals surface area contributed by atoms with E-state index in [1.807, 2.05) is 25.2 Å². The van der Waals surface area contributed by atoms with E-state index in [0.29, 0.717) is 12.6 Å². The van der Waals surface area contributed by atoms with Gasteiger partial charge in [-0.15, -0.1) is 0 Å². The van der Waals surface area contributed by atoms with Crippen LogP contribution < -0.4 is 10.2 Å². The van der Waals surface area contributed by atoms with Gasteiger partial charge in [-0.05, 0) is 33.0 Å². The molecule has 0 bridgehead atoms. The number of rotatable bonds is 7. The van der Waals surface area contributed by atoms with Crippen LogP contribution in [0.25, 0.3) is 5.65 Å². The van der Waals surface area contributed by atoms with Crippen LogP contribution in [0.15, 0.2) is 24.4 Å². The molecule has 0 aliphatic heterocycles. The van der Waals surface area contributed by atoms with Crippen LogP contribution in [0.1, 0.15) is 19.5 Å². The van der Waals surface area contributed by atoms with E-state index in [0.717, 1.165) is 24.6 Å². The molecule has 5 heteroatoms. The van der Waals surface area contributed by atoms with Crippen molar-refractivity contribution in [2.24, 2.45) is 0 Å². The van der Waals surface area contributed by atoms with Crippen LogP contribution in [0.5, 0.6) is 0 Å². The molecular weight excluding hydrogens is 252 g/mol. The van der Waals surface area contributed by atoms with Crippen LogP contribution in [0.3, 0.4) is 0 Å². The fourth-order valence-corrected chi connectivity index (χ4v) is 2.60. The van der Waals surface area contributed by atoms with Crippen LogP contribution in [0, 0.1) is 0 Å². The van der Waals surface area contributed by atoms with Crippen molar-refractivity contribution < 1.29 is 4.74 Å². The molecule has 2 rings (SSSR count). The van der Waals surface area contributed by atoms with E-state index in [1.54, 1.807) is 7.11 Å². The number of likely N-dealkylation sites (N-methyl/N-ethyl adjacent to an activating group) is 1. The minimum atomic E-state index is 0.297. The summed E-state index contributed by atoms with van der Waals surface area (Å²) in [6, 6.07) is 6.39. The summed E-state index contributed by atoms with van der Waals surface area (Å²) in [5.74, 6) is 1.04. The lowest BCUT2D eigenvalue weighted by atomic mass is 10.2. The van der Waals surface area contributed by atoms with Gasteiger partial charge in [-0.3, -0.25) is 0 Å². The first-order valence-electron chi connectivity index (χ1n) is 7.09. The van der Waals surface area contributed by atoms with Crippen molar-refractivity contribution in [3.05, 3.63) is 30.1 Å². The molecule has 0 radical (unpaired) electrons. The van der Waals surface area contributed by atoms with Gasteiger partial charge in [0, 0.05) is 26.4 Å². The monoisotopic (exact) mass is 276 g/mol. The normalized spacial score (nSPS) is 12.8. The highest BCUT2D eigenvalue weighted by atomic mass is 16.5. The summed E-state index contributed by atoms with van der Waals surface area (Å²) in [4.78, 5) is 7.09. The van der Waals surface area contributed by atoms with Crippen molar-refractivity contribution in [1.29, 1.82) is 0 Å². The number of pyridine rings is 1. The first kappa shape index (κ1) is 14.8. The number of ether oxygens (including phenoxy) is 1. The molecule has 0 saturated heterocycles. The minimum Gasteiger partial charge on any atom is -0.383 e. The molecule has 0 aromatic carbocycles. The molecular formula is C15H24N4O. The van der Waals surface area contributed by atoms with Crippen molar-refractivity contribution in [2.75, 3.05) is 32.2 Å². The summed E-state index contributed by atoms with van der Waals surface area (Å²) >= 11 is 0. The molecule has 20 heavy (non-hydrogen) atoms. The quantitative estimate of drug-likeness (QED) is 0.839. The van der Waals surface area contributed by atoms with Gasteiger partial charge in [0.1, 0.15) is 5.65 Å². The average Bonchev–Trinajstić information content (AvgIpc) is 2.80. The summed E-state index contributed by atoms with van der Waals surface area (Å²) in [6.45, 7) is 6.71. The molecule has 0 aliphatic carbocycles. The molecule has 0 fully saturated rings. The molecule has 1 N–H and O–H groups in total. The van der Waals surface area contributed by atoms with Crippen LogP contribution in [-0.2, 0) is 11.3 Å². The Hall–Kier alpha value is -1.59. The Kier molecular flexibility index (Phi) is 4.98. The van der Waals surface area contributed by atoms with Gasteiger partial charge >= 0.3 is 0 Å². The highest BCUT2D eigenvalue weighted by molar-refractivity contribution is 5.56. The zero-order valence-electron chi connectivity index (χ0n) is 12.8. The first-order chi connectivity index (χ1) is 9.72. The van der Waals surface area contributed by atoms with Crippen molar-refractivity contribution in [3.63, 3.8) is 0 Å². The van der Waals surface area contributed by atoms with Crippen molar-refractivity contribution >= 4 is 11.5 Å². The second-order valence-electron chi connectivity index (χ2n) is 4.93. The smallest absolute Gasteiger partial charge is 0.152 e. The zero-order chi connectivity index (χ0) is 14.5. The van der Waals surface area contributed by atoms with Crippen LogP contribution in [0.4, 0.5) is 5.82 Å². The van der Waals surface area contributed by atoms with Gasteiger partial charge in [0.05, 0.1) is 18.3 Å². The van der Waals surface area contributed by atoms with Crippen LogP contribution in [0.2, 0.25) is 0 Å². The van der Waals surface area contributed by atoms with E-state index < -0.39 is 0 Å². The van der Waals surface area contributed by atoms with Gasteiger partial charge in [-0.2, -0.15) is 0 Å². The number of hydrogen-bond acceptors (Lipinski definition) is 4. The van der Waals surface area contributed by atoms with Gasteiger partial charge in [-0.25, -0.2) is 4.98 Å². The Morgan fingerprint density at radius 2 is 2.25 bits per heavy atom. The molecule has 2 aromatic heterocycles. The largest absolute Gasteiger partial charge is 0.383 e.